The Bertz CT molecular complexity index is 720. The Morgan fingerprint density at radius 2 is 1.55 bits per heavy atom. The molecule has 5 heteroatoms. The van der Waals surface area contributed by atoms with Crippen molar-refractivity contribution in [2.24, 2.45) is 0 Å². The number of hydrogen-bond acceptors (Lipinski definition) is 3. The van der Waals surface area contributed by atoms with Gasteiger partial charge in [0.15, 0.2) is 0 Å². The predicted molar refractivity (Wildman–Crippen MR) is 84.5 cm³/mol. The lowest BCUT2D eigenvalue weighted by Crippen LogP contribution is -2.37. The molecule has 2 aromatic rings. The Hall–Kier alpha value is -3.17. The Kier molecular flexibility index (Phi) is 4.85. The van der Waals surface area contributed by atoms with E-state index in [1.165, 1.54) is 7.11 Å². The van der Waals surface area contributed by atoms with Gasteiger partial charge in [0.25, 0.3) is 5.91 Å². The van der Waals surface area contributed by atoms with E-state index in [-0.39, 0.29) is 5.57 Å². The van der Waals surface area contributed by atoms with Crippen molar-refractivity contribution in [3.8, 4) is 0 Å². The van der Waals surface area contributed by atoms with E-state index in [0.29, 0.717) is 11.3 Å². The third-order valence-electron chi connectivity index (χ3n) is 2.96. The fourth-order valence-electron chi connectivity index (χ4n) is 1.93. The van der Waals surface area contributed by atoms with Crippen LogP contribution in [0.5, 0.6) is 0 Å². The van der Waals surface area contributed by atoms with Crippen molar-refractivity contribution in [1.82, 2.24) is 0 Å². The summed E-state index contributed by atoms with van der Waals surface area (Å²) in [7, 11) is 1.18. The summed E-state index contributed by atoms with van der Waals surface area (Å²) in [5.74, 6) is 1.14. The summed E-state index contributed by atoms with van der Waals surface area (Å²) in [5, 5.41) is 9.31. The molecule has 0 N–H and O–H groups in total. The van der Waals surface area contributed by atoms with Crippen LogP contribution in [0.25, 0.3) is 11.0 Å². The fraction of sp³-hybridized carbons (Fsp3) is 0.0588. The zero-order chi connectivity index (χ0) is 15.9. The highest BCUT2D eigenvalue weighted by molar-refractivity contribution is 6.38. The molecule has 0 atom stereocenters. The summed E-state index contributed by atoms with van der Waals surface area (Å²) in [6, 6.07) is 16.8. The average Bonchev–Trinajstić information content (AvgIpc) is 2.57. The van der Waals surface area contributed by atoms with Crippen LogP contribution in [-0.4, -0.2) is 25.0 Å². The zero-order valence-corrected chi connectivity index (χ0v) is 11.9. The highest BCUT2D eigenvalue weighted by Gasteiger charge is 2.27. The summed E-state index contributed by atoms with van der Waals surface area (Å²) >= 11 is 0. The maximum Gasteiger partial charge on any atom is 0.421 e. The summed E-state index contributed by atoms with van der Waals surface area (Å²) in [4.78, 5) is 25.4. The number of amides is 2. The molecule has 2 amide bonds. The number of rotatable bonds is 3. The summed E-state index contributed by atoms with van der Waals surface area (Å²) < 4.78 is 4.66. The second-order valence-electron chi connectivity index (χ2n) is 4.30. The molecule has 0 aromatic heterocycles. The number of hydrogen-bond donors (Lipinski definition) is 0. The van der Waals surface area contributed by atoms with Gasteiger partial charge in [-0.25, -0.2) is 9.69 Å². The molecule has 0 saturated carbocycles. The molecular weight excluding hydrogens is 280 g/mol. The van der Waals surface area contributed by atoms with Gasteiger partial charge in [-0.3, -0.25) is 10.7 Å². The topological polar surface area (TPSA) is 68.9 Å². The molecule has 110 valence electrons. The normalized spacial score (nSPS) is 9.50. The van der Waals surface area contributed by atoms with Crippen molar-refractivity contribution in [2.75, 3.05) is 12.0 Å². The molecule has 22 heavy (non-hydrogen) atoms. The van der Waals surface area contributed by atoms with Crippen LogP contribution in [-0.2, 0) is 9.53 Å². The van der Waals surface area contributed by atoms with Gasteiger partial charge in [-0.15, -0.1) is 0 Å². The van der Waals surface area contributed by atoms with Gasteiger partial charge in [0, 0.05) is 0 Å². The van der Waals surface area contributed by atoms with E-state index in [0.717, 1.165) is 4.90 Å². The van der Waals surface area contributed by atoms with E-state index >= 15 is 0 Å². The summed E-state index contributed by atoms with van der Waals surface area (Å²) in [6.45, 7) is 0. The number of benzene rings is 2. The number of para-hydroxylation sites is 1. The van der Waals surface area contributed by atoms with E-state index in [2.05, 4.69) is 4.74 Å². The van der Waals surface area contributed by atoms with Gasteiger partial charge >= 0.3 is 6.09 Å². The molecule has 0 spiro atoms. The fourth-order valence-corrected chi connectivity index (χ4v) is 1.93. The molecule has 5 nitrogen and oxygen atoms in total. The highest BCUT2D eigenvalue weighted by atomic mass is 16.5. The predicted octanol–water partition coefficient (Wildman–Crippen LogP) is 3.11. The molecule has 0 unspecified atom stereocenters. The van der Waals surface area contributed by atoms with Crippen LogP contribution in [0.15, 0.2) is 60.7 Å². The van der Waals surface area contributed by atoms with Crippen LogP contribution in [0, 0.1) is 0 Å². The lowest BCUT2D eigenvalue weighted by atomic mass is 10.1. The average molecular weight is 293 g/mol. The number of carbonyl (C=O) groups excluding carboxylic acids is 2. The summed E-state index contributed by atoms with van der Waals surface area (Å²) in [5.41, 5.74) is 0.651. The molecule has 0 aliphatic heterocycles. The Morgan fingerprint density at radius 3 is 2.05 bits per heavy atom. The van der Waals surface area contributed by atoms with Crippen LogP contribution >= 0.6 is 0 Å². The molecular formula is C17H13N2O3-. The third-order valence-corrected chi connectivity index (χ3v) is 2.96. The standard InChI is InChI=1S/C17H13N2O3/c1-22-17(21)19(14-10-6-3-7-11-14)16(20)15(12-18)13-8-4-2-5-9-13/h2-11H,1H3/q-1. The van der Waals surface area contributed by atoms with Crippen LogP contribution in [0.4, 0.5) is 10.5 Å². The van der Waals surface area contributed by atoms with Gasteiger partial charge in [-0.2, -0.15) is 0 Å². The second kappa shape index (κ2) is 7.02. The van der Waals surface area contributed by atoms with Crippen molar-refractivity contribution >= 4 is 29.1 Å². The SMILES string of the molecule is COC(=O)N(C(=O)C(=C=[N-])c1ccccc1)c1ccccc1. The van der Waals surface area contributed by atoms with Crippen LogP contribution in [0.2, 0.25) is 0 Å². The monoisotopic (exact) mass is 293 g/mol. The minimum absolute atomic E-state index is 0.130. The first kappa shape index (κ1) is 15.2. The first-order chi connectivity index (χ1) is 10.7. The van der Waals surface area contributed by atoms with Crippen molar-refractivity contribution in [3.05, 3.63) is 71.6 Å². The van der Waals surface area contributed by atoms with E-state index in [1.54, 1.807) is 60.7 Å². The molecule has 0 aliphatic carbocycles. The molecule has 0 heterocycles. The Morgan fingerprint density at radius 1 is 1.00 bits per heavy atom. The molecule has 0 bridgehead atoms. The Balaban J connectivity index is 2.46. The lowest BCUT2D eigenvalue weighted by Gasteiger charge is -2.20. The van der Waals surface area contributed by atoms with Crippen molar-refractivity contribution in [3.63, 3.8) is 0 Å². The van der Waals surface area contributed by atoms with Crippen LogP contribution in [0.1, 0.15) is 5.56 Å². The number of anilines is 1. The second-order valence-corrected chi connectivity index (χ2v) is 4.30. The van der Waals surface area contributed by atoms with Crippen LogP contribution in [0.3, 0.4) is 0 Å². The quantitative estimate of drug-likeness (QED) is 0.645. The molecule has 2 aromatic carbocycles. The van der Waals surface area contributed by atoms with E-state index in [4.69, 9.17) is 0 Å². The Labute approximate surface area is 128 Å². The highest BCUT2D eigenvalue weighted by Crippen LogP contribution is 2.21. The van der Waals surface area contributed by atoms with Crippen molar-refractivity contribution in [1.29, 1.82) is 0 Å². The van der Waals surface area contributed by atoms with Crippen LogP contribution < -0.4 is 4.90 Å². The maximum absolute atomic E-state index is 12.6. The molecule has 2 rings (SSSR count). The molecule has 0 fully saturated rings. The molecule has 0 radical (unpaired) electrons. The van der Waals surface area contributed by atoms with Gasteiger partial charge in [-0.1, -0.05) is 48.5 Å². The third kappa shape index (κ3) is 3.11. The van der Waals surface area contributed by atoms with Gasteiger partial charge in [0.2, 0.25) is 0 Å². The van der Waals surface area contributed by atoms with Gasteiger partial charge < -0.3 is 10.1 Å². The van der Waals surface area contributed by atoms with E-state index < -0.39 is 12.0 Å². The number of ether oxygens (including phenoxy) is 1. The maximum atomic E-state index is 12.6. The van der Waals surface area contributed by atoms with Gasteiger partial charge in [0.05, 0.1) is 18.4 Å². The smallest absolute Gasteiger partial charge is 0.421 e. The largest absolute Gasteiger partial charge is 0.763 e. The van der Waals surface area contributed by atoms with Gasteiger partial charge in [0.1, 0.15) is 0 Å². The lowest BCUT2D eigenvalue weighted by molar-refractivity contribution is -0.112. The van der Waals surface area contributed by atoms with E-state index in [1.807, 2.05) is 5.87 Å². The zero-order valence-electron chi connectivity index (χ0n) is 11.9. The molecule has 0 saturated heterocycles. The minimum atomic E-state index is -0.847. The van der Waals surface area contributed by atoms with Crippen molar-refractivity contribution in [2.45, 2.75) is 0 Å². The molecule has 0 aliphatic rings. The first-order valence-electron chi connectivity index (χ1n) is 6.49. The van der Waals surface area contributed by atoms with Crippen molar-refractivity contribution < 1.29 is 14.3 Å². The van der Waals surface area contributed by atoms with Gasteiger partial charge in [-0.05, 0) is 17.7 Å². The summed E-state index contributed by atoms with van der Waals surface area (Å²) in [6.07, 6.45) is -0.847. The number of carbonyl (C=O) groups is 2. The number of imide groups is 1. The van der Waals surface area contributed by atoms with E-state index in [9.17, 15) is 15.0 Å². The minimum Gasteiger partial charge on any atom is -0.763 e. The number of nitrogens with zero attached hydrogens (tertiary/aromatic N) is 2. The first-order valence-corrected chi connectivity index (χ1v) is 6.49. The number of methoxy groups -OCH3 is 1.